The molecule has 0 spiro atoms. The summed E-state index contributed by atoms with van der Waals surface area (Å²) in [5, 5.41) is 0. The first-order valence-electron chi connectivity index (χ1n) is 7.17. The van der Waals surface area contributed by atoms with E-state index in [0.29, 0.717) is 12.5 Å². The molecular formula is C18H14BrNO3. The number of cyclic esters (lactones) is 1. The highest BCUT2D eigenvalue weighted by Gasteiger charge is 2.24. The average Bonchev–Trinajstić information content (AvgIpc) is 2.93. The maximum absolute atomic E-state index is 12.0. The van der Waals surface area contributed by atoms with Crippen molar-refractivity contribution in [2.45, 2.75) is 6.92 Å². The zero-order chi connectivity index (χ0) is 16.2. The second-order valence-corrected chi connectivity index (χ2v) is 5.67. The molecule has 0 N–H and O–H groups in total. The number of nitrogens with zero attached hydrogens (tertiary/aromatic N) is 1. The minimum absolute atomic E-state index is 0.262. The normalized spacial score (nSPS) is 15.5. The van der Waals surface area contributed by atoms with Gasteiger partial charge >= 0.3 is 5.97 Å². The van der Waals surface area contributed by atoms with E-state index < -0.39 is 5.97 Å². The van der Waals surface area contributed by atoms with Crippen LogP contribution in [0.15, 0.2) is 63.7 Å². The van der Waals surface area contributed by atoms with Gasteiger partial charge in [0.15, 0.2) is 5.70 Å². The van der Waals surface area contributed by atoms with Gasteiger partial charge in [-0.2, -0.15) is 0 Å². The summed E-state index contributed by atoms with van der Waals surface area (Å²) in [7, 11) is 0. The summed E-state index contributed by atoms with van der Waals surface area (Å²) in [6, 6.07) is 14.9. The molecule has 1 aliphatic heterocycles. The summed E-state index contributed by atoms with van der Waals surface area (Å²) in [4.78, 5) is 16.3. The van der Waals surface area contributed by atoms with Crippen molar-refractivity contribution in [1.29, 1.82) is 0 Å². The lowest BCUT2D eigenvalue weighted by Crippen LogP contribution is -2.04. The van der Waals surface area contributed by atoms with Crippen LogP contribution in [0.1, 0.15) is 18.1 Å². The van der Waals surface area contributed by atoms with Gasteiger partial charge in [-0.25, -0.2) is 9.79 Å². The molecule has 0 radical (unpaired) electrons. The molecule has 2 aromatic carbocycles. The first kappa shape index (κ1) is 15.5. The Morgan fingerprint density at radius 2 is 2.00 bits per heavy atom. The van der Waals surface area contributed by atoms with Gasteiger partial charge in [0.1, 0.15) is 5.75 Å². The van der Waals surface area contributed by atoms with E-state index in [9.17, 15) is 4.79 Å². The zero-order valence-electron chi connectivity index (χ0n) is 12.5. The summed E-state index contributed by atoms with van der Waals surface area (Å²) in [5.74, 6) is 0.595. The number of hydrogen-bond donors (Lipinski definition) is 0. The maximum Gasteiger partial charge on any atom is 0.363 e. The Kier molecular flexibility index (Phi) is 4.57. The van der Waals surface area contributed by atoms with Crippen LogP contribution in [-0.2, 0) is 9.53 Å². The van der Waals surface area contributed by atoms with Gasteiger partial charge in [0, 0.05) is 10.0 Å². The number of rotatable bonds is 4. The summed E-state index contributed by atoms with van der Waals surface area (Å²) in [6.07, 6.45) is 1.69. The SMILES string of the molecule is CCOc1ccc(Br)c(C=C2N=C(c3ccccc3)OC2=O)c1. The second-order valence-electron chi connectivity index (χ2n) is 4.82. The van der Waals surface area contributed by atoms with Crippen LogP contribution in [0.5, 0.6) is 5.75 Å². The van der Waals surface area contributed by atoms with Crippen LogP contribution in [-0.4, -0.2) is 18.5 Å². The van der Waals surface area contributed by atoms with Crippen molar-refractivity contribution >= 4 is 33.9 Å². The fourth-order valence-electron chi connectivity index (χ4n) is 2.15. The summed E-state index contributed by atoms with van der Waals surface area (Å²) >= 11 is 3.47. The molecule has 1 heterocycles. The lowest BCUT2D eigenvalue weighted by molar-refractivity contribution is -0.129. The molecule has 0 saturated carbocycles. The largest absolute Gasteiger partial charge is 0.494 e. The van der Waals surface area contributed by atoms with Crippen molar-refractivity contribution in [2.24, 2.45) is 4.99 Å². The van der Waals surface area contributed by atoms with Crippen molar-refractivity contribution in [3.05, 3.63) is 69.8 Å². The van der Waals surface area contributed by atoms with E-state index in [1.54, 1.807) is 6.08 Å². The second kappa shape index (κ2) is 6.79. The molecule has 116 valence electrons. The third kappa shape index (κ3) is 3.51. The Hall–Kier alpha value is -2.40. The number of esters is 1. The quantitative estimate of drug-likeness (QED) is 0.597. The minimum Gasteiger partial charge on any atom is -0.494 e. The molecule has 0 saturated heterocycles. The minimum atomic E-state index is -0.461. The lowest BCUT2D eigenvalue weighted by Gasteiger charge is -2.05. The van der Waals surface area contributed by atoms with Crippen LogP contribution in [0.4, 0.5) is 0 Å². The molecule has 0 unspecified atom stereocenters. The zero-order valence-corrected chi connectivity index (χ0v) is 14.0. The van der Waals surface area contributed by atoms with E-state index in [1.807, 2.05) is 55.5 Å². The van der Waals surface area contributed by atoms with E-state index in [2.05, 4.69) is 20.9 Å². The molecule has 0 fully saturated rings. The number of carbonyl (C=O) groups excluding carboxylic acids is 1. The molecular weight excluding hydrogens is 358 g/mol. The number of ether oxygens (including phenoxy) is 2. The van der Waals surface area contributed by atoms with Gasteiger partial charge in [-0.3, -0.25) is 0 Å². The number of halogens is 1. The number of aliphatic imine (C=N–C) groups is 1. The third-order valence-electron chi connectivity index (χ3n) is 3.21. The molecule has 23 heavy (non-hydrogen) atoms. The Bertz CT molecular complexity index is 797. The topological polar surface area (TPSA) is 47.9 Å². The summed E-state index contributed by atoms with van der Waals surface area (Å²) in [6.45, 7) is 2.50. The Morgan fingerprint density at radius 3 is 2.74 bits per heavy atom. The molecule has 1 aliphatic rings. The van der Waals surface area contributed by atoms with Gasteiger partial charge in [0.25, 0.3) is 0 Å². The van der Waals surface area contributed by atoms with Gasteiger partial charge in [-0.05, 0) is 48.9 Å². The molecule has 0 atom stereocenters. The Balaban J connectivity index is 1.95. The van der Waals surface area contributed by atoms with E-state index >= 15 is 0 Å². The third-order valence-corrected chi connectivity index (χ3v) is 3.93. The van der Waals surface area contributed by atoms with Crippen LogP contribution in [0, 0.1) is 0 Å². The van der Waals surface area contributed by atoms with Gasteiger partial charge in [0.05, 0.1) is 6.61 Å². The molecule has 0 aliphatic carbocycles. The van der Waals surface area contributed by atoms with E-state index in [-0.39, 0.29) is 5.70 Å². The van der Waals surface area contributed by atoms with Crippen molar-refractivity contribution in [3.63, 3.8) is 0 Å². The molecule has 2 aromatic rings. The highest BCUT2D eigenvalue weighted by Crippen LogP contribution is 2.27. The fourth-order valence-corrected chi connectivity index (χ4v) is 2.51. The fraction of sp³-hybridized carbons (Fsp3) is 0.111. The molecule has 0 amide bonds. The molecule has 4 nitrogen and oxygen atoms in total. The predicted octanol–water partition coefficient (Wildman–Crippen LogP) is 4.19. The monoisotopic (exact) mass is 371 g/mol. The van der Waals surface area contributed by atoms with Gasteiger partial charge in [-0.1, -0.05) is 34.1 Å². The summed E-state index contributed by atoms with van der Waals surface area (Å²) in [5.41, 5.74) is 1.84. The van der Waals surface area contributed by atoms with E-state index in [4.69, 9.17) is 9.47 Å². The van der Waals surface area contributed by atoms with Crippen molar-refractivity contribution in [1.82, 2.24) is 0 Å². The number of hydrogen-bond acceptors (Lipinski definition) is 4. The van der Waals surface area contributed by atoms with Gasteiger partial charge < -0.3 is 9.47 Å². The highest BCUT2D eigenvalue weighted by atomic mass is 79.9. The molecule has 3 rings (SSSR count). The van der Waals surface area contributed by atoms with E-state index in [0.717, 1.165) is 21.3 Å². The van der Waals surface area contributed by atoms with Crippen LogP contribution in [0.2, 0.25) is 0 Å². The van der Waals surface area contributed by atoms with Crippen LogP contribution in [0.3, 0.4) is 0 Å². The van der Waals surface area contributed by atoms with Crippen molar-refractivity contribution < 1.29 is 14.3 Å². The van der Waals surface area contributed by atoms with Crippen LogP contribution >= 0.6 is 15.9 Å². The van der Waals surface area contributed by atoms with Crippen molar-refractivity contribution in [3.8, 4) is 5.75 Å². The van der Waals surface area contributed by atoms with Gasteiger partial charge in [-0.15, -0.1) is 0 Å². The maximum atomic E-state index is 12.0. The van der Waals surface area contributed by atoms with Crippen molar-refractivity contribution in [2.75, 3.05) is 6.61 Å². The Morgan fingerprint density at radius 1 is 1.22 bits per heavy atom. The van der Waals surface area contributed by atoms with Crippen LogP contribution in [0.25, 0.3) is 6.08 Å². The van der Waals surface area contributed by atoms with Crippen LogP contribution < -0.4 is 4.74 Å². The number of benzene rings is 2. The predicted molar refractivity (Wildman–Crippen MR) is 92.4 cm³/mol. The summed E-state index contributed by atoms with van der Waals surface area (Å²) < 4.78 is 11.6. The standard InChI is InChI=1S/C18H14BrNO3/c1-2-22-14-8-9-15(19)13(10-14)11-16-18(21)23-17(20-16)12-6-4-3-5-7-12/h3-11H,2H2,1H3. The smallest absolute Gasteiger partial charge is 0.363 e. The highest BCUT2D eigenvalue weighted by molar-refractivity contribution is 9.10. The molecule has 0 bridgehead atoms. The molecule has 5 heteroatoms. The molecule has 0 aromatic heterocycles. The lowest BCUT2D eigenvalue weighted by atomic mass is 10.2. The average molecular weight is 372 g/mol. The van der Waals surface area contributed by atoms with E-state index in [1.165, 1.54) is 0 Å². The first-order chi connectivity index (χ1) is 11.2. The Labute approximate surface area is 142 Å². The number of carbonyl (C=O) groups is 1. The van der Waals surface area contributed by atoms with Gasteiger partial charge in [0.2, 0.25) is 5.90 Å². The first-order valence-corrected chi connectivity index (χ1v) is 7.97.